The van der Waals surface area contributed by atoms with Gasteiger partial charge < -0.3 is 14.8 Å². The molecule has 0 heterocycles. The van der Waals surface area contributed by atoms with Crippen LogP contribution in [0.4, 0.5) is 0 Å². The van der Waals surface area contributed by atoms with Crippen LogP contribution in [0.3, 0.4) is 0 Å². The molecular formula is C14H25NO4. The highest BCUT2D eigenvalue weighted by molar-refractivity contribution is 5.80. The van der Waals surface area contributed by atoms with Crippen molar-refractivity contribution in [2.24, 2.45) is 0 Å². The summed E-state index contributed by atoms with van der Waals surface area (Å²) in [4.78, 5) is 33.2. The molecule has 0 aliphatic heterocycles. The summed E-state index contributed by atoms with van der Waals surface area (Å²) in [7, 11) is 0. The molecule has 5 heteroatoms. The maximum absolute atomic E-state index is 11.4. The van der Waals surface area contributed by atoms with Crippen molar-refractivity contribution in [1.82, 2.24) is 5.32 Å². The Morgan fingerprint density at radius 1 is 1.00 bits per heavy atom. The second-order valence-corrected chi connectivity index (χ2v) is 4.56. The lowest BCUT2D eigenvalue weighted by Gasteiger charge is -2.05. The quantitative estimate of drug-likeness (QED) is 0.548. The summed E-state index contributed by atoms with van der Waals surface area (Å²) in [6.45, 7) is 4.77. The highest BCUT2D eigenvalue weighted by atomic mass is 16.5. The van der Waals surface area contributed by atoms with Gasteiger partial charge in [0.05, 0.1) is 13.2 Å². The molecule has 0 unspecified atom stereocenters. The van der Waals surface area contributed by atoms with E-state index in [9.17, 15) is 14.4 Å². The highest BCUT2D eigenvalue weighted by Crippen LogP contribution is 2.00. The largest absolute Gasteiger partial charge is 0.379 e. The second kappa shape index (κ2) is 11.8. The van der Waals surface area contributed by atoms with E-state index in [2.05, 4.69) is 5.32 Å². The summed E-state index contributed by atoms with van der Waals surface area (Å²) < 4.78 is 5.26. The number of Topliss-reactive ketones (excluding diaryl/α,β-unsaturated/α-hetero) is 2. The Balaban J connectivity index is 3.31. The van der Waals surface area contributed by atoms with Gasteiger partial charge in [-0.3, -0.25) is 9.59 Å². The monoisotopic (exact) mass is 271 g/mol. The van der Waals surface area contributed by atoms with Crippen molar-refractivity contribution in [2.75, 3.05) is 19.8 Å². The van der Waals surface area contributed by atoms with E-state index in [0.717, 1.165) is 6.42 Å². The highest BCUT2D eigenvalue weighted by Gasteiger charge is 2.03. The molecule has 0 bridgehead atoms. The predicted molar refractivity (Wildman–Crippen MR) is 72.9 cm³/mol. The van der Waals surface area contributed by atoms with Crippen molar-refractivity contribution >= 4 is 17.5 Å². The minimum Gasteiger partial charge on any atom is -0.379 e. The lowest BCUT2D eigenvalue weighted by molar-refractivity contribution is -0.122. The number of rotatable bonds is 12. The van der Waals surface area contributed by atoms with Crippen LogP contribution in [0.5, 0.6) is 0 Å². The topological polar surface area (TPSA) is 72.5 Å². The average molecular weight is 271 g/mol. The van der Waals surface area contributed by atoms with Gasteiger partial charge in [-0.2, -0.15) is 0 Å². The van der Waals surface area contributed by atoms with E-state index in [-0.39, 0.29) is 17.5 Å². The molecule has 0 fully saturated rings. The Hall–Kier alpha value is -1.23. The van der Waals surface area contributed by atoms with Crippen molar-refractivity contribution in [3.63, 3.8) is 0 Å². The van der Waals surface area contributed by atoms with Crippen LogP contribution in [0.15, 0.2) is 0 Å². The van der Waals surface area contributed by atoms with Crippen LogP contribution in [0, 0.1) is 0 Å². The van der Waals surface area contributed by atoms with Gasteiger partial charge in [-0.05, 0) is 19.8 Å². The SMILES string of the molecule is CCCC(=O)NCCOCCC(=O)CCCC(C)=O. The number of hydrogen-bond acceptors (Lipinski definition) is 4. The van der Waals surface area contributed by atoms with Crippen molar-refractivity contribution in [3.8, 4) is 0 Å². The normalized spacial score (nSPS) is 10.2. The van der Waals surface area contributed by atoms with Gasteiger partial charge in [0.2, 0.25) is 5.91 Å². The van der Waals surface area contributed by atoms with Crippen LogP contribution < -0.4 is 5.32 Å². The first-order valence-corrected chi connectivity index (χ1v) is 6.91. The minimum atomic E-state index is 0.0337. The molecule has 0 spiro atoms. The molecule has 0 aliphatic rings. The molecule has 0 saturated carbocycles. The standard InChI is InChI=1S/C14H25NO4/c1-3-5-14(18)15-9-11-19-10-8-13(17)7-4-6-12(2)16/h3-11H2,1-2H3,(H,15,18). The van der Waals surface area contributed by atoms with Gasteiger partial charge in [-0.25, -0.2) is 0 Å². The Bertz CT molecular complexity index is 289. The van der Waals surface area contributed by atoms with Crippen LogP contribution in [0.1, 0.15) is 52.4 Å². The fraction of sp³-hybridized carbons (Fsp3) is 0.786. The Kier molecular flexibility index (Phi) is 11.1. The zero-order chi connectivity index (χ0) is 14.5. The van der Waals surface area contributed by atoms with Gasteiger partial charge in [0, 0.05) is 32.2 Å². The van der Waals surface area contributed by atoms with Crippen LogP contribution in [-0.2, 0) is 19.1 Å². The second-order valence-electron chi connectivity index (χ2n) is 4.56. The molecule has 0 aromatic rings. The third-order valence-electron chi connectivity index (χ3n) is 2.56. The summed E-state index contributed by atoms with van der Waals surface area (Å²) in [5.41, 5.74) is 0. The van der Waals surface area contributed by atoms with E-state index in [4.69, 9.17) is 4.74 Å². The first-order chi connectivity index (χ1) is 9.06. The van der Waals surface area contributed by atoms with Gasteiger partial charge >= 0.3 is 0 Å². The predicted octanol–water partition coefficient (Wildman–Crippen LogP) is 1.64. The van der Waals surface area contributed by atoms with E-state index in [1.54, 1.807) is 0 Å². The van der Waals surface area contributed by atoms with E-state index in [1.165, 1.54) is 6.92 Å². The van der Waals surface area contributed by atoms with E-state index >= 15 is 0 Å². The first kappa shape index (κ1) is 17.8. The van der Waals surface area contributed by atoms with Gasteiger partial charge in [0.25, 0.3) is 0 Å². The first-order valence-electron chi connectivity index (χ1n) is 6.91. The Morgan fingerprint density at radius 2 is 1.74 bits per heavy atom. The number of ether oxygens (including phenoxy) is 1. The summed E-state index contributed by atoms with van der Waals surface area (Å²) in [5.74, 6) is 0.273. The van der Waals surface area contributed by atoms with E-state index in [0.29, 0.717) is 51.9 Å². The van der Waals surface area contributed by atoms with Crippen molar-refractivity contribution in [2.45, 2.75) is 52.4 Å². The molecule has 0 aromatic heterocycles. The van der Waals surface area contributed by atoms with Crippen LogP contribution in [0.2, 0.25) is 0 Å². The summed E-state index contributed by atoms with van der Waals surface area (Å²) in [6, 6.07) is 0. The van der Waals surface area contributed by atoms with Crippen LogP contribution in [0.25, 0.3) is 0 Å². The molecular weight excluding hydrogens is 246 g/mol. The smallest absolute Gasteiger partial charge is 0.220 e. The molecule has 0 saturated heterocycles. The fourth-order valence-electron chi connectivity index (χ4n) is 1.53. The third-order valence-corrected chi connectivity index (χ3v) is 2.56. The molecule has 1 amide bonds. The average Bonchev–Trinajstić information content (AvgIpc) is 2.33. The van der Waals surface area contributed by atoms with Crippen LogP contribution in [-0.4, -0.2) is 37.2 Å². The van der Waals surface area contributed by atoms with Crippen molar-refractivity contribution in [3.05, 3.63) is 0 Å². The van der Waals surface area contributed by atoms with Crippen molar-refractivity contribution in [1.29, 1.82) is 0 Å². The molecule has 1 N–H and O–H groups in total. The number of nitrogens with one attached hydrogen (secondary N) is 1. The van der Waals surface area contributed by atoms with Crippen LogP contribution >= 0.6 is 0 Å². The van der Waals surface area contributed by atoms with E-state index < -0.39 is 0 Å². The number of amides is 1. The molecule has 19 heavy (non-hydrogen) atoms. The number of carbonyl (C=O) groups is 3. The molecule has 0 aliphatic carbocycles. The zero-order valence-corrected chi connectivity index (χ0v) is 12.0. The Labute approximate surface area is 115 Å². The van der Waals surface area contributed by atoms with Gasteiger partial charge in [-0.15, -0.1) is 0 Å². The summed E-state index contributed by atoms with van der Waals surface area (Å²) >= 11 is 0. The summed E-state index contributed by atoms with van der Waals surface area (Å²) in [6.07, 6.45) is 3.28. The molecule has 0 rings (SSSR count). The van der Waals surface area contributed by atoms with Gasteiger partial charge in [0.15, 0.2) is 0 Å². The molecule has 0 aromatic carbocycles. The van der Waals surface area contributed by atoms with Gasteiger partial charge in [0.1, 0.15) is 11.6 Å². The number of carbonyl (C=O) groups excluding carboxylic acids is 3. The minimum absolute atomic E-state index is 0.0337. The maximum atomic E-state index is 11.4. The molecule has 110 valence electrons. The van der Waals surface area contributed by atoms with E-state index in [1.807, 2.05) is 6.92 Å². The zero-order valence-electron chi connectivity index (χ0n) is 12.0. The molecule has 0 radical (unpaired) electrons. The Morgan fingerprint density at radius 3 is 2.37 bits per heavy atom. The van der Waals surface area contributed by atoms with Gasteiger partial charge in [-0.1, -0.05) is 6.92 Å². The maximum Gasteiger partial charge on any atom is 0.220 e. The summed E-state index contributed by atoms with van der Waals surface area (Å²) in [5, 5.41) is 2.73. The molecule has 5 nitrogen and oxygen atoms in total. The fourth-order valence-corrected chi connectivity index (χ4v) is 1.53. The lowest BCUT2D eigenvalue weighted by atomic mass is 10.1. The third kappa shape index (κ3) is 13.0. The number of ketones is 2. The molecule has 0 atom stereocenters. The number of hydrogen-bond donors (Lipinski definition) is 1. The lowest BCUT2D eigenvalue weighted by Crippen LogP contribution is -2.27. The van der Waals surface area contributed by atoms with Crippen molar-refractivity contribution < 1.29 is 19.1 Å².